The molecule has 0 saturated heterocycles. The predicted molar refractivity (Wildman–Crippen MR) is 142 cm³/mol. The number of carbonyl (C=O) groups is 1. The zero-order chi connectivity index (χ0) is 26.7. The molecule has 4 aliphatic carbocycles. The molecule has 4 rings (SSSR count). The van der Waals surface area contributed by atoms with Gasteiger partial charge in [0.15, 0.2) is 0 Å². The minimum Gasteiger partial charge on any atom is -0.469 e. The molecule has 5 heteroatoms. The molecule has 0 aromatic rings. The zero-order valence-corrected chi connectivity index (χ0v) is 23.7. The van der Waals surface area contributed by atoms with E-state index in [1.807, 2.05) is 0 Å². The number of hydrogen-bond donors (Lipinski definition) is 1. The fourth-order valence-corrected chi connectivity index (χ4v) is 10.9. The van der Waals surface area contributed by atoms with Crippen molar-refractivity contribution in [2.75, 3.05) is 7.11 Å². The van der Waals surface area contributed by atoms with Crippen LogP contribution in [-0.2, 0) is 9.53 Å². The Labute approximate surface area is 218 Å². The SMILES string of the molecule is C=C(C)[C@@H]1CC[C@]2(C(=O)OC)CC[C@]3(C)[C@H](CC[C@@H]4[C@@](C)(CC#N)[C@H](C(C)(C)/C=N/O)CC[C@]43C)[C@@H]12. The molecule has 0 radical (unpaired) electrons. The first-order chi connectivity index (χ1) is 16.8. The molecule has 0 aliphatic heterocycles. The predicted octanol–water partition coefficient (Wildman–Crippen LogP) is 7.40. The summed E-state index contributed by atoms with van der Waals surface area (Å²) in [4.78, 5) is 13.4. The summed E-state index contributed by atoms with van der Waals surface area (Å²) < 4.78 is 5.47. The Morgan fingerprint density at radius 2 is 1.83 bits per heavy atom. The van der Waals surface area contributed by atoms with E-state index in [-0.39, 0.29) is 44.9 Å². The summed E-state index contributed by atoms with van der Waals surface area (Å²) in [6.45, 7) is 18.2. The van der Waals surface area contributed by atoms with Crippen molar-refractivity contribution < 1.29 is 14.7 Å². The minimum atomic E-state index is -0.377. The van der Waals surface area contributed by atoms with E-state index in [4.69, 9.17) is 4.74 Å². The normalized spacial score (nSPS) is 46.3. The maximum atomic E-state index is 13.4. The number of rotatable bonds is 5. The molecule has 36 heavy (non-hydrogen) atoms. The Hall–Kier alpha value is -1.83. The van der Waals surface area contributed by atoms with Gasteiger partial charge in [-0.05, 0) is 104 Å². The van der Waals surface area contributed by atoms with Gasteiger partial charge in [0.05, 0.1) is 18.6 Å². The van der Waals surface area contributed by atoms with E-state index in [0.717, 1.165) is 51.4 Å². The number of oxime groups is 1. The van der Waals surface area contributed by atoms with Crippen LogP contribution in [0.1, 0.15) is 99.3 Å². The smallest absolute Gasteiger partial charge is 0.312 e. The third kappa shape index (κ3) is 3.45. The van der Waals surface area contributed by atoms with Gasteiger partial charge >= 0.3 is 5.97 Å². The first-order valence-corrected chi connectivity index (χ1v) is 14.1. The van der Waals surface area contributed by atoms with Gasteiger partial charge in [0.2, 0.25) is 0 Å². The van der Waals surface area contributed by atoms with Crippen LogP contribution in [0, 0.1) is 68.0 Å². The van der Waals surface area contributed by atoms with Crippen molar-refractivity contribution >= 4 is 12.2 Å². The highest BCUT2D eigenvalue weighted by atomic mass is 16.5. The van der Waals surface area contributed by atoms with Gasteiger partial charge in [-0.15, -0.1) is 5.16 Å². The van der Waals surface area contributed by atoms with Gasteiger partial charge in [0.1, 0.15) is 0 Å². The molecule has 0 amide bonds. The number of fused-ring (bicyclic) bond motifs is 5. The molecular weight excluding hydrogens is 448 g/mol. The third-order valence-corrected chi connectivity index (χ3v) is 12.7. The van der Waals surface area contributed by atoms with Crippen LogP contribution >= 0.6 is 0 Å². The second kappa shape index (κ2) is 8.88. The van der Waals surface area contributed by atoms with Gasteiger partial charge in [-0.1, -0.05) is 46.8 Å². The van der Waals surface area contributed by atoms with Crippen LogP contribution in [0.25, 0.3) is 0 Å². The summed E-state index contributed by atoms with van der Waals surface area (Å²) in [5.74, 6) is 1.78. The molecule has 0 bridgehead atoms. The fourth-order valence-electron chi connectivity index (χ4n) is 10.9. The van der Waals surface area contributed by atoms with Crippen molar-refractivity contribution in [1.29, 1.82) is 5.26 Å². The summed E-state index contributed by atoms with van der Waals surface area (Å²) >= 11 is 0. The Morgan fingerprint density at radius 1 is 1.14 bits per heavy atom. The second-order valence-electron chi connectivity index (χ2n) is 14.2. The first kappa shape index (κ1) is 27.2. The van der Waals surface area contributed by atoms with Crippen molar-refractivity contribution in [2.24, 2.45) is 61.8 Å². The number of hydrogen-bond acceptors (Lipinski definition) is 5. The Balaban J connectivity index is 1.80. The monoisotopic (exact) mass is 496 g/mol. The maximum absolute atomic E-state index is 13.4. The second-order valence-corrected chi connectivity index (χ2v) is 14.2. The van der Waals surface area contributed by atoms with E-state index in [9.17, 15) is 15.3 Å². The van der Waals surface area contributed by atoms with Gasteiger partial charge in [0, 0.05) is 18.1 Å². The first-order valence-electron chi connectivity index (χ1n) is 14.1. The highest BCUT2D eigenvalue weighted by Gasteiger charge is 2.71. The standard InChI is InChI=1S/C31H48N2O3/c1-20(2)21-11-14-31(26(34)36-8)16-15-29(6)22(25(21)31)9-10-24-28(5,17-18-32)23(12-13-30(24,29)7)27(3,4)19-33-35/h19,21-25,35H,1,9-17H2,2-8H3/b33-19+/t21-,22+,23-,24+,25+,28-,29+,30+,31-/m0/s1. The van der Waals surface area contributed by atoms with E-state index in [2.05, 4.69) is 59.3 Å². The van der Waals surface area contributed by atoms with Crippen molar-refractivity contribution in [3.8, 4) is 6.07 Å². The molecule has 0 aromatic heterocycles. The van der Waals surface area contributed by atoms with Gasteiger partial charge < -0.3 is 9.94 Å². The molecule has 4 aliphatic rings. The summed E-state index contributed by atoms with van der Waals surface area (Å²) in [5, 5.41) is 22.9. The third-order valence-electron chi connectivity index (χ3n) is 12.7. The van der Waals surface area contributed by atoms with Gasteiger partial charge in [-0.2, -0.15) is 5.26 Å². The lowest BCUT2D eigenvalue weighted by Gasteiger charge is -2.71. The number of nitriles is 1. The number of allylic oxidation sites excluding steroid dienone is 1. The molecule has 200 valence electrons. The molecule has 0 heterocycles. The van der Waals surface area contributed by atoms with Crippen LogP contribution in [0.3, 0.4) is 0 Å². The number of ether oxygens (including phenoxy) is 1. The van der Waals surface area contributed by atoms with E-state index in [1.54, 1.807) is 13.3 Å². The van der Waals surface area contributed by atoms with Gasteiger partial charge in [0.25, 0.3) is 0 Å². The topological polar surface area (TPSA) is 82.7 Å². The summed E-state index contributed by atoms with van der Waals surface area (Å²) in [6.07, 6.45) is 10.4. The average molecular weight is 497 g/mol. The molecule has 4 saturated carbocycles. The lowest BCUT2D eigenvalue weighted by atomic mass is 9.33. The molecule has 5 nitrogen and oxygen atoms in total. The van der Waals surface area contributed by atoms with E-state index < -0.39 is 0 Å². The Bertz CT molecular complexity index is 981. The molecule has 9 atom stereocenters. The number of methoxy groups -OCH3 is 1. The quantitative estimate of drug-likeness (QED) is 0.141. The van der Waals surface area contributed by atoms with Crippen LogP contribution in [-0.4, -0.2) is 24.5 Å². The van der Waals surface area contributed by atoms with Crippen molar-refractivity contribution in [3.05, 3.63) is 12.2 Å². The van der Waals surface area contributed by atoms with Crippen LogP contribution in [0.5, 0.6) is 0 Å². The van der Waals surface area contributed by atoms with E-state index in [1.165, 1.54) is 5.57 Å². The van der Waals surface area contributed by atoms with Crippen molar-refractivity contribution in [3.63, 3.8) is 0 Å². The van der Waals surface area contributed by atoms with Gasteiger partial charge in [-0.3, -0.25) is 4.79 Å². The van der Waals surface area contributed by atoms with Crippen LogP contribution < -0.4 is 0 Å². The Kier molecular flexibility index (Phi) is 6.71. The maximum Gasteiger partial charge on any atom is 0.312 e. The fraction of sp³-hybridized carbons (Fsp3) is 0.839. The van der Waals surface area contributed by atoms with Crippen molar-refractivity contribution in [2.45, 2.75) is 99.3 Å². The van der Waals surface area contributed by atoms with E-state index >= 15 is 0 Å². The number of nitrogens with zero attached hydrogens (tertiary/aromatic N) is 2. The number of carbonyl (C=O) groups excluding carboxylic acids is 1. The lowest BCUT2D eigenvalue weighted by molar-refractivity contribution is -0.226. The average Bonchev–Trinajstić information content (AvgIpc) is 3.20. The van der Waals surface area contributed by atoms with Crippen LogP contribution in [0.15, 0.2) is 17.3 Å². The van der Waals surface area contributed by atoms with Crippen LogP contribution in [0.4, 0.5) is 0 Å². The molecule has 1 N–H and O–H groups in total. The molecule has 0 spiro atoms. The summed E-state index contributed by atoms with van der Waals surface area (Å²) in [5.41, 5.74) is 0.550. The largest absolute Gasteiger partial charge is 0.469 e. The molecular formula is C31H48N2O3. The summed E-state index contributed by atoms with van der Waals surface area (Å²) in [7, 11) is 1.56. The highest BCUT2D eigenvalue weighted by molar-refractivity contribution is 5.78. The molecule has 0 unspecified atom stereocenters. The zero-order valence-electron chi connectivity index (χ0n) is 23.7. The van der Waals surface area contributed by atoms with Crippen molar-refractivity contribution in [1.82, 2.24) is 0 Å². The van der Waals surface area contributed by atoms with Gasteiger partial charge in [-0.25, -0.2) is 0 Å². The van der Waals surface area contributed by atoms with E-state index in [0.29, 0.717) is 24.2 Å². The van der Waals surface area contributed by atoms with Crippen LogP contribution in [0.2, 0.25) is 0 Å². The molecule has 4 fully saturated rings. The molecule has 0 aromatic carbocycles. The Morgan fingerprint density at radius 3 is 2.42 bits per heavy atom. The lowest BCUT2D eigenvalue weighted by Crippen LogP contribution is -2.65. The summed E-state index contributed by atoms with van der Waals surface area (Å²) in [6, 6.07) is 2.56. The number of esters is 1. The minimum absolute atomic E-state index is 0.00589. The highest BCUT2D eigenvalue weighted by Crippen LogP contribution is 2.76.